The molecule has 1 saturated carbocycles. The number of aliphatic hydroxyl groups is 1. The molecule has 3 heterocycles. The Hall–Kier alpha value is -2.11. The van der Waals surface area contributed by atoms with E-state index in [2.05, 4.69) is 35.0 Å². The van der Waals surface area contributed by atoms with Crippen LogP contribution in [0.3, 0.4) is 0 Å². The first kappa shape index (κ1) is 17.0. The summed E-state index contributed by atoms with van der Waals surface area (Å²) in [4.78, 5) is 7.03. The third kappa shape index (κ3) is 2.80. The third-order valence-electron chi connectivity index (χ3n) is 6.61. The van der Waals surface area contributed by atoms with Crippen molar-refractivity contribution in [1.29, 1.82) is 0 Å². The summed E-state index contributed by atoms with van der Waals surface area (Å²) in [5, 5.41) is 11.5. The third-order valence-corrected chi connectivity index (χ3v) is 6.61. The van der Waals surface area contributed by atoms with Crippen molar-refractivity contribution in [3.05, 3.63) is 52.8 Å². The first-order valence-electron chi connectivity index (χ1n) is 9.80. The fourth-order valence-corrected chi connectivity index (χ4v) is 5.05. The summed E-state index contributed by atoms with van der Waals surface area (Å²) in [5.41, 5.74) is 3.67. The zero-order valence-corrected chi connectivity index (χ0v) is 15.9. The second kappa shape index (κ2) is 6.21. The molecule has 0 unspecified atom stereocenters. The quantitative estimate of drug-likeness (QED) is 0.904. The number of hydrogen-bond donors (Lipinski definition) is 1. The van der Waals surface area contributed by atoms with E-state index in [-0.39, 0.29) is 5.92 Å². The van der Waals surface area contributed by atoms with Crippen LogP contribution in [0.15, 0.2) is 30.5 Å². The van der Waals surface area contributed by atoms with Gasteiger partial charge in [0, 0.05) is 31.7 Å². The van der Waals surface area contributed by atoms with Gasteiger partial charge in [-0.2, -0.15) is 0 Å². The van der Waals surface area contributed by atoms with Crippen LogP contribution in [0.4, 0.5) is 0 Å². The van der Waals surface area contributed by atoms with Crippen LogP contribution in [0.2, 0.25) is 0 Å². The molecule has 5 heteroatoms. The Morgan fingerprint density at radius 1 is 1.19 bits per heavy atom. The molecule has 1 N–H and O–H groups in total. The Bertz CT molecular complexity index is 867. The van der Waals surface area contributed by atoms with Crippen molar-refractivity contribution in [2.75, 3.05) is 19.9 Å². The van der Waals surface area contributed by atoms with Crippen molar-refractivity contribution < 1.29 is 14.6 Å². The molecular formula is C22H26N2O3. The van der Waals surface area contributed by atoms with E-state index < -0.39 is 5.60 Å². The van der Waals surface area contributed by atoms with Crippen LogP contribution < -0.4 is 9.47 Å². The first-order chi connectivity index (χ1) is 13.0. The van der Waals surface area contributed by atoms with Gasteiger partial charge in [-0.15, -0.1) is 0 Å². The van der Waals surface area contributed by atoms with Crippen LogP contribution in [-0.2, 0) is 12.1 Å². The molecule has 3 atom stereocenters. The Kier molecular flexibility index (Phi) is 3.92. The van der Waals surface area contributed by atoms with Crippen LogP contribution in [-0.4, -0.2) is 34.9 Å². The van der Waals surface area contributed by atoms with Gasteiger partial charge in [0.1, 0.15) is 5.60 Å². The number of hydrogen-bond acceptors (Lipinski definition) is 5. The molecule has 2 aromatic rings. The number of likely N-dealkylation sites (tertiary alicyclic amines) is 1. The summed E-state index contributed by atoms with van der Waals surface area (Å²) < 4.78 is 11.0. The van der Waals surface area contributed by atoms with Gasteiger partial charge in [-0.3, -0.25) is 9.88 Å². The summed E-state index contributed by atoms with van der Waals surface area (Å²) in [6, 6.07) is 8.24. The van der Waals surface area contributed by atoms with E-state index in [1.165, 1.54) is 11.1 Å². The highest BCUT2D eigenvalue weighted by Gasteiger charge is 2.53. The Labute approximate surface area is 159 Å². The van der Waals surface area contributed by atoms with E-state index in [9.17, 15) is 5.11 Å². The average molecular weight is 366 g/mol. The zero-order valence-electron chi connectivity index (χ0n) is 15.9. The molecule has 1 saturated heterocycles. The number of rotatable bonds is 3. The smallest absolute Gasteiger partial charge is 0.231 e. The largest absolute Gasteiger partial charge is 0.454 e. The van der Waals surface area contributed by atoms with E-state index in [0.29, 0.717) is 12.7 Å². The molecule has 0 radical (unpaired) electrons. The summed E-state index contributed by atoms with van der Waals surface area (Å²) in [5.74, 6) is 2.47. The lowest BCUT2D eigenvalue weighted by Gasteiger charge is -2.30. The van der Waals surface area contributed by atoms with Gasteiger partial charge in [0.05, 0.1) is 5.69 Å². The first-order valence-corrected chi connectivity index (χ1v) is 9.80. The van der Waals surface area contributed by atoms with Crippen LogP contribution in [0.1, 0.15) is 35.2 Å². The van der Waals surface area contributed by atoms with Crippen LogP contribution in [0.25, 0.3) is 0 Å². The molecule has 5 rings (SSSR count). The molecule has 0 bridgehead atoms. The molecule has 2 aliphatic heterocycles. The van der Waals surface area contributed by atoms with Crippen molar-refractivity contribution in [2.45, 2.75) is 38.8 Å². The molecule has 5 nitrogen and oxygen atoms in total. The van der Waals surface area contributed by atoms with Gasteiger partial charge in [0.25, 0.3) is 0 Å². The predicted octanol–water partition coefficient (Wildman–Crippen LogP) is 3.16. The van der Waals surface area contributed by atoms with Gasteiger partial charge in [-0.05, 0) is 67.5 Å². The summed E-state index contributed by atoms with van der Waals surface area (Å²) in [7, 11) is 0. The molecule has 2 fully saturated rings. The van der Waals surface area contributed by atoms with Crippen LogP contribution >= 0.6 is 0 Å². The zero-order chi connectivity index (χ0) is 18.6. The maximum Gasteiger partial charge on any atom is 0.231 e. The molecule has 142 valence electrons. The van der Waals surface area contributed by atoms with Gasteiger partial charge < -0.3 is 14.6 Å². The maximum absolute atomic E-state index is 11.5. The lowest BCUT2D eigenvalue weighted by molar-refractivity contribution is -0.0108. The number of nitrogens with zero attached hydrogens (tertiary/aromatic N) is 2. The second-order valence-electron chi connectivity index (χ2n) is 8.38. The molecule has 0 amide bonds. The molecule has 1 aromatic carbocycles. The fraction of sp³-hybridized carbons (Fsp3) is 0.500. The van der Waals surface area contributed by atoms with Gasteiger partial charge in [0.15, 0.2) is 11.5 Å². The van der Waals surface area contributed by atoms with Gasteiger partial charge in [-0.1, -0.05) is 6.07 Å². The molecule has 1 aliphatic carbocycles. The number of pyridine rings is 1. The normalized spacial score (nSPS) is 29.3. The van der Waals surface area contributed by atoms with E-state index in [0.717, 1.165) is 55.2 Å². The van der Waals surface area contributed by atoms with Crippen molar-refractivity contribution in [3.8, 4) is 11.5 Å². The highest BCUT2D eigenvalue weighted by Crippen LogP contribution is 2.50. The van der Waals surface area contributed by atoms with E-state index >= 15 is 0 Å². The van der Waals surface area contributed by atoms with E-state index in [1.54, 1.807) is 0 Å². The van der Waals surface area contributed by atoms with Gasteiger partial charge in [0.2, 0.25) is 6.79 Å². The highest BCUT2D eigenvalue weighted by molar-refractivity contribution is 5.48. The number of ether oxygens (including phenoxy) is 2. The Morgan fingerprint density at radius 2 is 2.00 bits per heavy atom. The molecule has 0 spiro atoms. The maximum atomic E-state index is 11.5. The molecule has 3 aliphatic rings. The lowest BCUT2D eigenvalue weighted by atomic mass is 9.85. The summed E-state index contributed by atoms with van der Waals surface area (Å²) in [6.07, 6.45) is 3.74. The molecule has 27 heavy (non-hydrogen) atoms. The topological polar surface area (TPSA) is 54.8 Å². The van der Waals surface area contributed by atoms with Crippen LogP contribution in [0.5, 0.6) is 11.5 Å². The monoisotopic (exact) mass is 366 g/mol. The highest BCUT2D eigenvalue weighted by atomic mass is 16.7. The number of benzene rings is 1. The SMILES string of the molecule is Cc1ccc([C@]2(O)CC[C@H]3CN(Cc4cc5c(cc4C)OCO5)C[C@H]32)nc1. The van der Waals surface area contributed by atoms with Gasteiger partial charge in [-0.25, -0.2) is 0 Å². The average Bonchev–Trinajstić information content (AvgIpc) is 3.33. The van der Waals surface area contributed by atoms with E-state index in [1.807, 2.05) is 19.2 Å². The Balaban J connectivity index is 1.35. The van der Waals surface area contributed by atoms with Crippen molar-refractivity contribution in [3.63, 3.8) is 0 Å². The Morgan fingerprint density at radius 3 is 2.78 bits per heavy atom. The van der Waals surface area contributed by atoms with Crippen molar-refractivity contribution >= 4 is 0 Å². The second-order valence-corrected chi connectivity index (χ2v) is 8.38. The minimum Gasteiger partial charge on any atom is -0.454 e. The van der Waals surface area contributed by atoms with Crippen LogP contribution in [0, 0.1) is 25.7 Å². The standard InChI is InChI=1S/C22H26N2O3/c1-14-3-4-21(23-9-14)22(25)6-5-16-10-24(12-18(16)22)11-17-8-20-19(7-15(17)2)26-13-27-20/h3-4,7-9,16,18,25H,5-6,10-13H2,1-2H3/t16-,18+,22-/m0/s1. The number of fused-ring (bicyclic) bond motifs is 2. The van der Waals surface area contributed by atoms with E-state index in [4.69, 9.17) is 9.47 Å². The molecule has 1 aromatic heterocycles. The summed E-state index contributed by atoms with van der Waals surface area (Å²) in [6.45, 7) is 7.29. The summed E-state index contributed by atoms with van der Waals surface area (Å²) >= 11 is 0. The van der Waals surface area contributed by atoms with Crippen molar-refractivity contribution in [1.82, 2.24) is 9.88 Å². The minimum atomic E-state index is -0.795. The van der Waals surface area contributed by atoms with Crippen molar-refractivity contribution in [2.24, 2.45) is 11.8 Å². The predicted molar refractivity (Wildman–Crippen MR) is 102 cm³/mol. The van der Waals surface area contributed by atoms with Gasteiger partial charge >= 0.3 is 0 Å². The lowest BCUT2D eigenvalue weighted by Crippen LogP contribution is -2.35. The fourth-order valence-electron chi connectivity index (χ4n) is 5.05. The number of aryl methyl sites for hydroxylation is 2. The minimum absolute atomic E-state index is 0.252. The number of aromatic nitrogens is 1. The molecular weight excluding hydrogens is 340 g/mol.